The van der Waals surface area contributed by atoms with Crippen molar-refractivity contribution < 1.29 is 14.3 Å². The summed E-state index contributed by atoms with van der Waals surface area (Å²) < 4.78 is 10.9. The van der Waals surface area contributed by atoms with Gasteiger partial charge in [-0.1, -0.05) is 24.6 Å². The SMILES string of the molecule is CCCOCc1cc(C(=O)Nc2ccc(C)cc2)ccc1OC. The summed E-state index contributed by atoms with van der Waals surface area (Å²) in [6.45, 7) is 5.19. The smallest absolute Gasteiger partial charge is 0.255 e. The number of rotatable bonds is 7. The molecule has 122 valence electrons. The van der Waals surface area contributed by atoms with E-state index in [4.69, 9.17) is 9.47 Å². The molecule has 0 radical (unpaired) electrons. The van der Waals surface area contributed by atoms with Crippen LogP contribution in [-0.4, -0.2) is 19.6 Å². The number of anilines is 1. The Labute approximate surface area is 137 Å². The highest BCUT2D eigenvalue weighted by Gasteiger charge is 2.11. The average Bonchev–Trinajstić information content (AvgIpc) is 2.57. The highest BCUT2D eigenvalue weighted by molar-refractivity contribution is 6.04. The first-order valence-corrected chi connectivity index (χ1v) is 7.76. The van der Waals surface area contributed by atoms with Gasteiger partial charge >= 0.3 is 0 Å². The van der Waals surface area contributed by atoms with E-state index in [1.807, 2.05) is 37.3 Å². The molecule has 0 saturated heterocycles. The molecule has 2 rings (SSSR count). The third kappa shape index (κ3) is 4.83. The zero-order chi connectivity index (χ0) is 16.7. The number of benzene rings is 2. The fraction of sp³-hybridized carbons (Fsp3) is 0.316. The molecule has 0 aliphatic carbocycles. The highest BCUT2D eigenvalue weighted by atomic mass is 16.5. The monoisotopic (exact) mass is 313 g/mol. The first-order valence-electron chi connectivity index (χ1n) is 7.76. The van der Waals surface area contributed by atoms with Crippen LogP contribution in [0.25, 0.3) is 0 Å². The molecule has 0 aliphatic heterocycles. The van der Waals surface area contributed by atoms with Crippen LogP contribution in [0.4, 0.5) is 5.69 Å². The van der Waals surface area contributed by atoms with Gasteiger partial charge in [0.2, 0.25) is 0 Å². The Morgan fingerprint density at radius 2 is 1.87 bits per heavy atom. The lowest BCUT2D eigenvalue weighted by molar-refractivity contribution is 0.102. The number of nitrogens with one attached hydrogen (secondary N) is 1. The van der Waals surface area contributed by atoms with Gasteiger partial charge in [-0.05, 0) is 43.7 Å². The van der Waals surface area contributed by atoms with Gasteiger partial charge in [-0.3, -0.25) is 4.79 Å². The molecule has 4 nitrogen and oxygen atoms in total. The number of aryl methyl sites for hydroxylation is 1. The van der Waals surface area contributed by atoms with E-state index in [1.54, 1.807) is 19.2 Å². The summed E-state index contributed by atoms with van der Waals surface area (Å²) in [6, 6.07) is 13.1. The van der Waals surface area contributed by atoms with E-state index in [1.165, 1.54) is 0 Å². The molecule has 0 aromatic heterocycles. The van der Waals surface area contributed by atoms with E-state index >= 15 is 0 Å². The molecule has 23 heavy (non-hydrogen) atoms. The second kappa shape index (κ2) is 8.34. The molecule has 0 aliphatic rings. The molecule has 0 heterocycles. The van der Waals surface area contributed by atoms with Gasteiger partial charge in [0.05, 0.1) is 13.7 Å². The van der Waals surface area contributed by atoms with E-state index in [0.717, 1.165) is 29.0 Å². The zero-order valence-corrected chi connectivity index (χ0v) is 13.9. The largest absolute Gasteiger partial charge is 0.496 e. The van der Waals surface area contributed by atoms with Gasteiger partial charge in [0.15, 0.2) is 0 Å². The maximum Gasteiger partial charge on any atom is 0.255 e. The minimum absolute atomic E-state index is 0.145. The topological polar surface area (TPSA) is 47.6 Å². The standard InChI is InChI=1S/C19H23NO3/c1-4-11-23-13-16-12-15(7-10-18(16)22-3)19(21)20-17-8-5-14(2)6-9-17/h5-10,12H,4,11,13H2,1-3H3,(H,20,21). The fourth-order valence-electron chi connectivity index (χ4n) is 2.20. The van der Waals surface area contributed by atoms with Gasteiger partial charge in [0.1, 0.15) is 5.75 Å². The van der Waals surface area contributed by atoms with Crippen molar-refractivity contribution in [3.8, 4) is 5.75 Å². The highest BCUT2D eigenvalue weighted by Crippen LogP contribution is 2.22. The van der Waals surface area contributed by atoms with Crippen molar-refractivity contribution in [1.82, 2.24) is 0 Å². The van der Waals surface area contributed by atoms with Crippen LogP contribution in [-0.2, 0) is 11.3 Å². The zero-order valence-electron chi connectivity index (χ0n) is 13.9. The number of hydrogen-bond donors (Lipinski definition) is 1. The Bertz CT molecular complexity index is 650. The number of amides is 1. The van der Waals surface area contributed by atoms with Crippen LogP contribution in [0.5, 0.6) is 5.75 Å². The molecule has 0 atom stereocenters. The molecule has 1 N–H and O–H groups in total. The lowest BCUT2D eigenvalue weighted by atomic mass is 10.1. The fourth-order valence-corrected chi connectivity index (χ4v) is 2.20. The quantitative estimate of drug-likeness (QED) is 0.780. The normalized spacial score (nSPS) is 10.4. The first-order chi connectivity index (χ1) is 11.1. The van der Waals surface area contributed by atoms with Crippen molar-refractivity contribution in [2.24, 2.45) is 0 Å². The van der Waals surface area contributed by atoms with E-state index in [2.05, 4.69) is 12.2 Å². The van der Waals surface area contributed by atoms with Crippen molar-refractivity contribution in [2.45, 2.75) is 26.9 Å². The molecule has 2 aromatic rings. The Morgan fingerprint density at radius 3 is 2.52 bits per heavy atom. The lowest BCUT2D eigenvalue weighted by Crippen LogP contribution is -2.12. The van der Waals surface area contributed by atoms with Gasteiger partial charge in [-0.25, -0.2) is 0 Å². The van der Waals surface area contributed by atoms with E-state index < -0.39 is 0 Å². The molecule has 0 unspecified atom stereocenters. The van der Waals surface area contributed by atoms with Crippen LogP contribution in [0.2, 0.25) is 0 Å². The van der Waals surface area contributed by atoms with E-state index in [0.29, 0.717) is 18.8 Å². The Hall–Kier alpha value is -2.33. The van der Waals surface area contributed by atoms with Crippen LogP contribution in [0.1, 0.15) is 34.8 Å². The predicted octanol–water partition coefficient (Wildman–Crippen LogP) is 4.18. The van der Waals surface area contributed by atoms with E-state index in [-0.39, 0.29) is 5.91 Å². The maximum absolute atomic E-state index is 12.4. The number of methoxy groups -OCH3 is 1. The van der Waals surface area contributed by atoms with Crippen molar-refractivity contribution in [3.05, 3.63) is 59.2 Å². The summed E-state index contributed by atoms with van der Waals surface area (Å²) in [5.41, 5.74) is 3.39. The number of carbonyl (C=O) groups excluding carboxylic acids is 1. The summed E-state index contributed by atoms with van der Waals surface area (Å²) in [5, 5.41) is 2.90. The van der Waals surface area contributed by atoms with E-state index in [9.17, 15) is 4.79 Å². The second-order valence-corrected chi connectivity index (χ2v) is 5.40. The summed E-state index contributed by atoms with van der Waals surface area (Å²) in [6.07, 6.45) is 0.954. The molecular formula is C19H23NO3. The Balaban J connectivity index is 2.12. The van der Waals surface area contributed by atoms with Crippen molar-refractivity contribution in [2.75, 3.05) is 19.0 Å². The second-order valence-electron chi connectivity index (χ2n) is 5.40. The molecule has 0 fully saturated rings. The summed E-state index contributed by atoms with van der Waals surface area (Å²) in [4.78, 5) is 12.4. The maximum atomic E-state index is 12.4. The van der Waals surface area contributed by atoms with Gasteiger partial charge in [0, 0.05) is 23.4 Å². The average molecular weight is 313 g/mol. The van der Waals surface area contributed by atoms with Gasteiger partial charge in [-0.2, -0.15) is 0 Å². The first kappa shape index (κ1) is 17.0. The third-order valence-corrected chi connectivity index (χ3v) is 3.46. The van der Waals surface area contributed by atoms with Gasteiger partial charge in [-0.15, -0.1) is 0 Å². The minimum atomic E-state index is -0.145. The molecule has 4 heteroatoms. The van der Waals surface area contributed by atoms with Crippen LogP contribution in [0.15, 0.2) is 42.5 Å². The van der Waals surface area contributed by atoms with Crippen molar-refractivity contribution in [1.29, 1.82) is 0 Å². The number of hydrogen-bond acceptors (Lipinski definition) is 3. The minimum Gasteiger partial charge on any atom is -0.496 e. The summed E-state index contributed by atoms with van der Waals surface area (Å²) in [5.74, 6) is 0.584. The number of ether oxygens (including phenoxy) is 2. The van der Waals surface area contributed by atoms with Crippen LogP contribution in [0.3, 0.4) is 0 Å². The van der Waals surface area contributed by atoms with Crippen molar-refractivity contribution >= 4 is 11.6 Å². The van der Waals surface area contributed by atoms with Crippen molar-refractivity contribution in [3.63, 3.8) is 0 Å². The molecule has 0 bridgehead atoms. The molecule has 0 spiro atoms. The third-order valence-electron chi connectivity index (χ3n) is 3.46. The Morgan fingerprint density at radius 1 is 1.13 bits per heavy atom. The summed E-state index contributed by atoms with van der Waals surface area (Å²) >= 11 is 0. The molecular weight excluding hydrogens is 290 g/mol. The molecule has 0 saturated carbocycles. The van der Waals surface area contributed by atoms with Gasteiger partial charge < -0.3 is 14.8 Å². The van der Waals surface area contributed by atoms with Crippen LogP contribution < -0.4 is 10.1 Å². The molecule has 1 amide bonds. The van der Waals surface area contributed by atoms with Gasteiger partial charge in [0.25, 0.3) is 5.91 Å². The number of carbonyl (C=O) groups is 1. The Kier molecular flexibility index (Phi) is 6.18. The van der Waals surface area contributed by atoms with Crippen LogP contribution >= 0.6 is 0 Å². The molecule has 2 aromatic carbocycles. The van der Waals surface area contributed by atoms with Crippen LogP contribution in [0, 0.1) is 6.92 Å². The predicted molar refractivity (Wildman–Crippen MR) is 92.1 cm³/mol. The summed E-state index contributed by atoms with van der Waals surface area (Å²) in [7, 11) is 1.62. The lowest BCUT2D eigenvalue weighted by Gasteiger charge is -2.11.